The molecule has 1 aliphatic rings. The molecule has 0 fully saturated rings. The van der Waals surface area contributed by atoms with Crippen LogP contribution < -0.4 is 0 Å². The molecule has 0 spiro atoms. The van der Waals surface area contributed by atoms with Crippen LogP contribution in [0.15, 0.2) is 21.3 Å². The summed E-state index contributed by atoms with van der Waals surface area (Å²) in [7, 11) is 1.89. The molecule has 114 valence electrons. The van der Waals surface area contributed by atoms with Crippen LogP contribution in [0.3, 0.4) is 0 Å². The molecular weight excluding hydrogens is 316 g/mol. The highest BCUT2D eigenvalue weighted by Gasteiger charge is 2.39. The quantitative estimate of drug-likeness (QED) is 0.669. The lowest BCUT2D eigenvalue weighted by atomic mass is 9.74. The van der Waals surface area contributed by atoms with Gasteiger partial charge < -0.3 is 4.52 Å². The van der Waals surface area contributed by atoms with Crippen LogP contribution in [0, 0.1) is 0 Å². The summed E-state index contributed by atoms with van der Waals surface area (Å²) >= 11 is 3.49. The summed E-state index contributed by atoms with van der Waals surface area (Å²) in [5, 5.41) is 8.53. The summed E-state index contributed by atoms with van der Waals surface area (Å²) in [4.78, 5) is 5.59. The molecule has 0 saturated heterocycles. The zero-order valence-electron chi connectivity index (χ0n) is 12.9. The number of rotatable bonds is 2. The summed E-state index contributed by atoms with van der Waals surface area (Å²) in [6.45, 7) is 4.47. The lowest BCUT2D eigenvalue weighted by molar-refractivity contribution is 0.423. The van der Waals surface area contributed by atoms with Gasteiger partial charge in [0.2, 0.25) is 0 Å². The summed E-state index contributed by atoms with van der Waals surface area (Å²) in [6, 6.07) is 0. The molecule has 0 unspecified atom stereocenters. The van der Waals surface area contributed by atoms with Crippen LogP contribution in [0.5, 0.6) is 0 Å². The Labute approximate surface area is 136 Å². The first-order valence-electron chi connectivity index (χ1n) is 7.02. The van der Waals surface area contributed by atoms with Crippen molar-refractivity contribution in [2.24, 2.45) is 7.05 Å². The zero-order valence-corrected chi connectivity index (χ0v) is 14.5. The van der Waals surface area contributed by atoms with Gasteiger partial charge in [0.05, 0.1) is 15.3 Å². The molecule has 3 aromatic rings. The van der Waals surface area contributed by atoms with Gasteiger partial charge in [-0.2, -0.15) is 5.10 Å². The standard InChI is InChI=1S/C15H16N4OS2/c1-15(2)5-8-10(11-9(15)6-17-20-11)14(21-4)22-12(8)13-16-7-19(3)18-13/h6-7H,5H2,1-4H3. The molecule has 0 bridgehead atoms. The highest BCUT2D eigenvalue weighted by molar-refractivity contribution is 8.00. The van der Waals surface area contributed by atoms with Crippen LogP contribution >= 0.6 is 23.1 Å². The van der Waals surface area contributed by atoms with Crippen molar-refractivity contribution in [3.63, 3.8) is 0 Å². The molecule has 0 atom stereocenters. The summed E-state index contributed by atoms with van der Waals surface area (Å²) < 4.78 is 8.60. The van der Waals surface area contributed by atoms with Gasteiger partial charge in [-0.1, -0.05) is 19.0 Å². The molecule has 22 heavy (non-hydrogen) atoms. The Kier molecular flexibility index (Phi) is 2.99. The van der Waals surface area contributed by atoms with Crippen LogP contribution in [0.4, 0.5) is 0 Å². The summed E-state index contributed by atoms with van der Waals surface area (Å²) in [6.07, 6.45) is 6.64. The maximum atomic E-state index is 5.61. The van der Waals surface area contributed by atoms with Crippen molar-refractivity contribution in [1.82, 2.24) is 19.9 Å². The Morgan fingerprint density at radius 3 is 2.91 bits per heavy atom. The molecule has 0 amide bonds. The first-order valence-corrected chi connectivity index (χ1v) is 9.06. The number of hydrogen-bond donors (Lipinski definition) is 0. The number of aryl methyl sites for hydroxylation is 1. The van der Waals surface area contributed by atoms with Gasteiger partial charge >= 0.3 is 0 Å². The highest BCUT2D eigenvalue weighted by atomic mass is 32.2. The molecule has 0 aliphatic heterocycles. The van der Waals surface area contributed by atoms with E-state index in [9.17, 15) is 0 Å². The fourth-order valence-corrected chi connectivity index (χ4v) is 5.04. The Bertz CT molecular complexity index is 859. The van der Waals surface area contributed by atoms with E-state index in [-0.39, 0.29) is 5.41 Å². The maximum Gasteiger partial charge on any atom is 0.191 e. The third-order valence-electron chi connectivity index (χ3n) is 4.11. The number of thiophene rings is 1. The molecule has 0 radical (unpaired) electrons. The normalized spacial score (nSPS) is 15.6. The molecule has 0 N–H and O–H groups in total. The second kappa shape index (κ2) is 4.70. The van der Waals surface area contributed by atoms with Gasteiger partial charge in [-0.3, -0.25) is 4.68 Å². The predicted octanol–water partition coefficient (Wildman–Crippen LogP) is 3.75. The number of aromatic nitrogens is 4. The average molecular weight is 332 g/mol. The van der Waals surface area contributed by atoms with E-state index >= 15 is 0 Å². The SMILES string of the molecule is CSc1sc(-c2ncn(C)n2)c2c1-c1oncc1C(C)(C)C2. The van der Waals surface area contributed by atoms with Crippen molar-refractivity contribution in [2.45, 2.75) is 29.9 Å². The van der Waals surface area contributed by atoms with E-state index in [1.54, 1.807) is 34.1 Å². The van der Waals surface area contributed by atoms with Crippen LogP contribution in [-0.2, 0) is 18.9 Å². The van der Waals surface area contributed by atoms with Crippen LogP contribution in [0.2, 0.25) is 0 Å². The van der Waals surface area contributed by atoms with Crippen molar-refractivity contribution in [3.8, 4) is 22.0 Å². The first kappa shape index (κ1) is 14.0. The van der Waals surface area contributed by atoms with Crippen molar-refractivity contribution in [1.29, 1.82) is 0 Å². The lowest BCUT2D eigenvalue weighted by Crippen LogP contribution is -2.24. The van der Waals surface area contributed by atoms with E-state index < -0.39 is 0 Å². The van der Waals surface area contributed by atoms with Crippen molar-refractivity contribution in [3.05, 3.63) is 23.7 Å². The molecule has 3 heterocycles. The summed E-state index contributed by atoms with van der Waals surface area (Å²) in [5.41, 5.74) is 3.66. The van der Waals surface area contributed by atoms with Gasteiger partial charge in [-0.25, -0.2) is 4.98 Å². The van der Waals surface area contributed by atoms with E-state index in [0.717, 1.165) is 22.9 Å². The van der Waals surface area contributed by atoms with Gasteiger partial charge in [0.25, 0.3) is 0 Å². The van der Waals surface area contributed by atoms with Gasteiger partial charge in [-0.05, 0) is 23.7 Å². The van der Waals surface area contributed by atoms with Crippen LogP contribution in [0.1, 0.15) is 25.0 Å². The topological polar surface area (TPSA) is 56.7 Å². The maximum absolute atomic E-state index is 5.61. The molecule has 7 heteroatoms. The smallest absolute Gasteiger partial charge is 0.191 e. The number of hydrogen-bond acceptors (Lipinski definition) is 6. The van der Waals surface area contributed by atoms with Gasteiger partial charge in [0.15, 0.2) is 11.6 Å². The number of fused-ring (bicyclic) bond motifs is 3. The van der Waals surface area contributed by atoms with Crippen LogP contribution in [-0.4, -0.2) is 26.2 Å². The fraction of sp³-hybridized carbons (Fsp3) is 0.400. The van der Waals surface area contributed by atoms with E-state index in [1.165, 1.54) is 20.9 Å². The Morgan fingerprint density at radius 1 is 1.41 bits per heavy atom. The Morgan fingerprint density at radius 2 is 2.23 bits per heavy atom. The predicted molar refractivity (Wildman–Crippen MR) is 88.3 cm³/mol. The van der Waals surface area contributed by atoms with E-state index in [0.29, 0.717) is 0 Å². The van der Waals surface area contributed by atoms with Gasteiger partial charge in [0, 0.05) is 18.2 Å². The van der Waals surface area contributed by atoms with Gasteiger partial charge in [0.1, 0.15) is 6.33 Å². The fourth-order valence-electron chi connectivity index (χ4n) is 3.05. The van der Waals surface area contributed by atoms with Crippen molar-refractivity contribution < 1.29 is 4.52 Å². The first-order chi connectivity index (χ1) is 10.5. The minimum Gasteiger partial charge on any atom is -0.356 e. The molecule has 5 nitrogen and oxygen atoms in total. The minimum absolute atomic E-state index is 0.00259. The van der Waals surface area contributed by atoms with Gasteiger partial charge in [-0.15, -0.1) is 23.1 Å². The second-order valence-corrected chi connectivity index (χ2v) is 8.24. The lowest BCUT2D eigenvalue weighted by Gasteiger charge is -2.29. The minimum atomic E-state index is 0.00259. The molecule has 1 aliphatic carbocycles. The average Bonchev–Trinajstić information content (AvgIpc) is 3.15. The zero-order chi connectivity index (χ0) is 15.5. The third-order valence-corrected chi connectivity index (χ3v) is 6.46. The van der Waals surface area contributed by atoms with E-state index in [1.807, 2.05) is 13.2 Å². The largest absolute Gasteiger partial charge is 0.356 e. The molecule has 3 aromatic heterocycles. The second-order valence-electron chi connectivity index (χ2n) is 6.15. The van der Waals surface area contributed by atoms with Crippen molar-refractivity contribution in [2.75, 3.05) is 6.26 Å². The number of thioether (sulfide) groups is 1. The monoisotopic (exact) mass is 332 g/mol. The van der Waals surface area contributed by atoms with E-state index in [4.69, 9.17) is 4.52 Å². The summed E-state index contributed by atoms with van der Waals surface area (Å²) in [5.74, 6) is 1.71. The Balaban J connectivity index is 2.01. The van der Waals surface area contributed by atoms with E-state index in [2.05, 4.69) is 35.3 Å². The molecule has 0 saturated carbocycles. The van der Waals surface area contributed by atoms with Crippen LogP contribution in [0.25, 0.3) is 22.0 Å². The molecule has 4 rings (SSSR count). The molecule has 0 aromatic carbocycles. The van der Waals surface area contributed by atoms with Crippen molar-refractivity contribution >= 4 is 23.1 Å². The number of nitrogens with zero attached hydrogens (tertiary/aromatic N) is 4. The highest BCUT2D eigenvalue weighted by Crippen LogP contribution is 2.53. The Hall–Kier alpha value is -1.60. The molecular formula is C15H16N4OS2. The third kappa shape index (κ3) is 1.88.